The molecule has 3 heterocycles. The Labute approximate surface area is 180 Å². The van der Waals surface area contributed by atoms with E-state index < -0.39 is 0 Å². The number of benzene rings is 1. The number of thiophene rings is 1. The Morgan fingerprint density at radius 1 is 1.07 bits per heavy atom. The second kappa shape index (κ2) is 9.10. The van der Waals surface area contributed by atoms with Crippen LogP contribution in [-0.2, 0) is 17.8 Å². The molecule has 0 saturated carbocycles. The third-order valence-corrected chi connectivity index (χ3v) is 7.12. The molecule has 0 aliphatic carbocycles. The molecule has 0 radical (unpaired) electrons. The molecule has 1 aliphatic heterocycles. The van der Waals surface area contributed by atoms with Crippen molar-refractivity contribution < 1.29 is 4.79 Å². The van der Waals surface area contributed by atoms with Gasteiger partial charge in [0.25, 0.3) is 5.56 Å². The highest BCUT2D eigenvalue weighted by atomic mass is 32.1. The van der Waals surface area contributed by atoms with Gasteiger partial charge in [0.05, 0.1) is 11.7 Å². The summed E-state index contributed by atoms with van der Waals surface area (Å²) in [5.41, 5.74) is 2.31. The molecule has 158 valence electrons. The minimum atomic E-state index is -0.0413. The number of aromatic nitrogens is 2. The van der Waals surface area contributed by atoms with E-state index in [1.165, 1.54) is 5.56 Å². The van der Waals surface area contributed by atoms with Crippen molar-refractivity contribution >= 4 is 27.5 Å². The van der Waals surface area contributed by atoms with Crippen LogP contribution in [0, 0.1) is 13.8 Å². The summed E-state index contributed by atoms with van der Waals surface area (Å²) in [6, 6.07) is 10.5. The molecule has 0 unspecified atom stereocenters. The van der Waals surface area contributed by atoms with Crippen LogP contribution in [0.25, 0.3) is 10.2 Å². The molecule has 6 nitrogen and oxygen atoms in total. The zero-order valence-electron chi connectivity index (χ0n) is 17.6. The number of aryl methyl sites for hydroxylation is 3. The van der Waals surface area contributed by atoms with E-state index in [9.17, 15) is 9.59 Å². The summed E-state index contributed by atoms with van der Waals surface area (Å²) < 4.78 is 1.58. The lowest BCUT2D eigenvalue weighted by Crippen LogP contribution is -2.49. The summed E-state index contributed by atoms with van der Waals surface area (Å²) in [6.07, 6.45) is 2.95. The summed E-state index contributed by atoms with van der Waals surface area (Å²) in [6.45, 7) is 8.68. The SMILES string of the molecule is Cc1sc2ncn(CCC(=O)N3CCN(CCc4ccccc4)CC3)c(=O)c2c1C. The first-order chi connectivity index (χ1) is 14.5. The smallest absolute Gasteiger partial charge is 0.262 e. The summed E-state index contributed by atoms with van der Waals surface area (Å²) in [5.74, 6) is 0.114. The van der Waals surface area contributed by atoms with Crippen LogP contribution in [-0.4, -0.2) is 58.0 Å². The van der Waals surface area contributed by atoms with Crippen LogP contribution in [0.4, 0.5) is 0 Å². The van der Waals surface area contributed by atoms with E-state index in [0.29, 0.717) is 18.4 Å². The molecule has 0 spiro atoms. The molecule has 1 aliphatic rings. The lowest BCUT2D eigenvalue weighted by molar-refractivity contribution is -0.133. The Balaban J connectivity index is 1.28. The van der Waals surface area contributed by atoms with Crippen molar-refractivity contribution in [3.8, 4) is 0 Å². The molecular weight excluding hydrogens is 396 g/mol. The second-order valence-corrected chi connectivity index (χ2v) is 9.12. The first-order valence-corrected chi connectivity index (χ1v) is 11.3. The lowest BCUT2D eigenvalue weighted by Gasteiger charge is -2.34. The Hall–Kier alpha value is -2.51. The lowest BCUT2D eigenvalue weighted by atomic mass is 10.1. The number of amides is 1. The second-order valence-electron chi connectivity index (χ2n) is 7.91. The normalized spacial score (nSPS) is 15.1. The van der Waals surface area contributed by atoms with Crippen molar-refractivity contribution in [3.63, 3.8) is 0 Å². The largest absolute Gasteiger partial charge is 0.340 e. The van der Waals surface area contributed by atoms with Gasteiger partial charge in [-0.25, -0.2) is 4.98 Å². The Morgan fingerprint density at radius 3 is 2.53 bits per heavy atom. The highest BCUT2D eigenvalue weighted by Crippen LogP contribution is 2.25. The Bertz CT molecular complexity index is 1080. The zero-order chi connectivity index (χ0) is 21.1. The number of nitrogens with zero attached hydrogens (tertiary/aromatic N) is 4. The predicted octanol–water partition coefficient (Wildman–Crippen LogP) is 2.85. The van der Waals surface area contributed by atoms with Crippen LogP contribution in [0.15, 0.2) is 41.5 Å². The van der Waals surface area contributed by atoms with Gasteiger partial charge in [0, 0.05) is 50.6 Å². The number of fused-ring (bicyclic) bond motifs is 1. The van der Waals surface area contributed by atoms with E-state index in [4.69, 9.17) is 0 Å². The molecular formula is C23H28N4O2S. The molecule has 3 aromatic rings. The molecule has 1 saturated heterocycles. The van der Waals surface area contributed by atoms with Crippen molar-refractivity contribution in [2.45, 2.75) is 33.2 Å². The van der Waals surface area contributed by atoms with Gasteiger partial charge in [-0.3, -0.25) is 19.1 Å². The van der Waals surface area contributed by atoms with Gasteiger partial charge in [-0.15, -0.1) is 11.3 Å². The van der Waals surface area contributed by atoms with E-state index in [1.807, 2.05) is 24.8 Å². The van der Waals surface area contributed by atoms with Crippen LogP contribution in [0.3, 0.4) is 0 Å². The highest BCUT2D eigenvalue weighted by Gasteiger charge is 2.21. The molecule has 2 aromatic heterocycles. The van der Waals surface area contributed by atoms with Gasteiger partial charge in [-0.2, -0.15) is 0 Å². The van der Waals surface area contributed by atoms with Gasteiger partial charge in [0.1, 0.15) is 4.83 Å². The van der Waals surface area contributed by atoms with Crippen molar-refractivity contribution in [1.82, 2.24) is 19.4 Å². The number of rotatable bonds is 6. The molecule has 4 rings (SSSR count). The van der Waals surface area contributed by atoms with Crippen molar-refractivity contribution in [1.29, 1.82) is 0 Å². The summed E-state index contributed by atoms with van der Waals surface area (Å²) in [4.78, 5) is 36.1. The van der Waals surface area contributed by atoms with Crippen molar-refractivity contribution in [2.24, 2.45) is 0 Å². The van der Waals surface area contributed by atoms with E-state index in [1.54, 1.807) is 22.2 Å². The number of hydrogen-bond acceptors (Lipinski definition) is 5. The number of hydrogen-bond donors (Lipinski definition) is 0. The first-order valence-electron chi connectivity index (χ1n) is 10.5. The summed E-state index contributed by atoms with van der Waals surface area (Å²) in [7, 11) is 0. The van der Waals surface area contributed by atoms with Crippen LogP contribution >= 0.6 is 11.3 Å². The zero-order valence-corrected chi connectivity index (χ0v) is 18.5. The van der Waals surface area contributed by atoms with Crippen molar-refractivity contribution in [3.05, 3.63) is 63.0 Å². The van der Waals surface area contributed by atoms with Crippen molar-refractivity contribution in [2.75, 3.05) is 32.7 Å². The Kier molecular flexibility index (Phi) is 6.29. The minimum Gasteiger partial charge on any atom is -0.340 e. The van der Waals surface area contributed by atoms with Crippen LogP contribution in [0.2, 0.25) is 0 Å². The average Bonchev–Trinajstić information content (AvgIpc) is 3.07. The van der Waals surface area contributed by atoms with Gasteiger partial charge in [0.15, 0.2) is 0 Å². The maximum absolute atomic E-state index is 12.8. The average molecular weight is 425 g/mol. The molecule has 0 atom stereocenters. The minimum absolute atomic E-state index is 0.0413. The maximum Gasteiger partial charge on any atom is 0.262 e. The third kappa shape index (κ3) is 4.47. The fraction of sp³-hybridized carbons (Fsp3) is 0.435. The van der Waals surface area contributed by atoms with Gasteiger partial charge in [0.2, 0.25) is 5.91 Å². The number of piperazine rings is 1. The van der Waals surface area contributed by atoms with Crippen LogP contribution in [0.1, 0.15) is 22.4 Å². The van der Waals surface area contributed by atoms with Gasteiger partial charge in [-0.1, -0.05) is 30.3 Å². The number of carbonyl (C=O) groups excluding carboxylic acids is 1. The van der Waals surface area contributed by atoms with Crippen LogP contribution < -0.4 is 5.56 Å². The molecule has 0 bridgehead atoms. The van der Waals surface area contributed by atoms with E-state index in [-0.39, 0.29) is 11.5 Å². The third-order valence-electron chi connectivity index (χ3n) is 6.01. The maximum atomic E-state index is 12.8. The predicted molar refractivity (Wildman–Crippen MR) is 121 cm³/mol. The fourth-order valence-corrected chi connectivity index (χ4v) is 4.94. The molecule has 7 heteroatoms. The summed E-state index contributed by atoms with van der Waals surface area (Å²) in [5, 5.41) is 0.694. The van der Waals surface area contributed by atoms with E-state index in [0.717, 1.165) is 54.4 Å². The standard InChI is InChI=1S/C23H28N4O2S/c1-17-18(2)30-22-21(17)23(29)27(16-24-22)11-9-20(28)26-14-12-25(13-15-26)10-8-19-6-4-3-5-7-19/h3-7,16H,8-15H2,1-2H3. The molecule has 1 amide bonds. The quantitative estimate of drug-likeness (QED) is 0.611. The van der Waals surface area contributed by atoms with Gasteiger partial charge < -0.3 is 4.90 Å². The van der Waals surface area contributed by atoms with E-state index in [2.05, 4.69) is 34.1 Å². The molecule has 0 N–H and O–H groups in total. The summed E-state index contributed by atoms with van der Waals surface area (Å²) >= 11 is 1.55. The molecule has 1 aromatic carbocycles. The monoisotopic (exact) mass is 424 g/mol. The van der Waals surface area contributed by atoms with Gasteiger partial charge in [-0.05, 0) is 31.4 Å². The fourth-order valence-electron chi connectivity index (χ4n) is 3.96. The molecule has 30 heavy (non-hydrogen) atoms. The van der Waals surface area contributed by atoms with Crippen LogP contribution in [0.5, 0.6) is 0 Å². The highest BCUT2D eigenvalue weighted by molar-refractivity contribution is 7.18. The molecule has 1 fully saturated rings. The first kappa shape index (κ1) is 20.8. The topological polar surface area (TPSA) is 58.4 Å². The Morgan fingerprint density at radius 2 is 1.80 bits per heavy atom. The van der Waals surface area contributed by atoms with E-state index >= 15 is 0 Å². The number of carbonyl (C=O) groups is 1. The van der Waals surface area contributed by atoms with Gasteiger partial charge >= 0.3 is 0 Å².